The van der Waals surface area contributed by atoms with Gasteiger partial charge in [-0.2, -0.15) is 12.6 Å². The van der Waals surface area contributed by atoms with Gasteiger partial charge in [0.2, 0.25) is 0 Å². The fraction of sp³-hybridized carbons (Fsp3) is 0.750. The Balaban J connectivity index is 1.60. The Kier molecular flexibility index (Phi) is 11.3. The number of allylic oxidation sites excluding steroid dienone is 2. The Morgan fingerprint density at radius 2 is 1.85 bits per heavy atom. The molecular formula is C32H57N7S. The Labute approximate surface area is 250 Å². The van der Waals surface area contributed by atoms with E-state index in [1.807, 2.05) is 0 Å². The summed E-state index contributed by atoms with van der Waals surface area (Å²) in [4.78, 5) is 14.8. The first-order chi connectivity index (χ1) is 18.7. The van der Waals surface area contributed by atoms with Crippen LogP contribution in [0.5, 0.6) is 0 Å². The number of aryl methyl sites for hydroxylation is 1. The van der Waals surface area contributed by atoms with E-state index in [0.717, 1.165) is 76.3 Å². The molecule has 1 aromatic rings. The molecule has 0 amide bonds. The van der Waals surface area contributed by atoms with Gasteiger partial charge in [-0.25, -0.2) is 9.66 Å². The molecule has 1 aromatic heterocycles. The van der Waals surface area contributed by atoms with Crippen molar-refractivity contribution in [3.05, 3.63) is 41.1 Å². The van der Waals surface area contributed by atoms with Crippen LogP contribution in [-0.4, -0.2) is 82.9 Å². The topological polar surface area (TPSA) is 65.9 Å². The van der Waals surface area contributed by atoms with Crippen molar-refractivity contribution in [3.63, 3.8) is 0 Å². The molecule has 1 saturated heterocycles. The molecule has 226 valence electrons. The van der Waals surface area contributed by atoms with Crippen LogP contribution in [0.4, 0.5) is 0 Å². The van der Waals surface area contributed by atoms with Crippen molar-refractivity contribution < 1.29 is 0 Å². The van der Waals surface area contributed by atoms with Crippen LogP contribution in [0.1, 0.15) is 91.4 Å². The number of thiol groups is 1. The first kappa shape index (κ1) is 32.6. The van der Waals surface area contributed by atoms with Crippen LogP contribution in [0.2, 0.25) is 0 Å². The molecule has 8 heteroatoms. The average Bonchev–Trinajstić information content (AvgIpc) is 3.21. The lowest BCUT2D eigenvalue weighted by atomic mass is 9.77. The number of hydrogen-bond acceptors (Lipinski definition) is 7. The number of unbranched alkanes of at least 4 members (excludes halogenated alkanes) is 1. The highest BCUT2D eigenvalue weighted by Crippen LogP contribution is 2.37. The van der Waals surface area contributed by atoms with Crippen LogP contribution in [0.15, 0.2) is 28.9 Å². The van der Waals surface area contributed by atoms with E-state index in [9.17, 15) is 0 Å². The van der Waals surface area contributed by atoms with E-state index in [1.54, 1.807) is 0 Å². The highest BCUT2D eigenvalue weighted by atomic mass is 32.1. The maximum Gasteiger partial charge on any atom is 0.147 e. The summed E-state index contributed by atoms with van der Waals surface area (Å²) < 4.78 is 2.25. The average molecular weight is 572 g/mol. The molecule has 2 aliphatic heterocycles. The van der Waals surface area contributed by atoms with E-state index in [4.69, 9.17) is 28.3 Å². The van der Waals surface area contributed by atoms with Crippen LogP contribution < -0.4 is 10.7 Å². The molecule has 2 N–H and O–H groups in total. The third-order valence-corrected chi connectivity index (χ3v) is 8.32. The van der Waals surface area contributed by atoms with Gasteiger partial charge in [-0.15, -0.1) is 0 Å². The molecule has 1 fully saturated rings. The zero-order chi connectivity index (χ0) is 29.7. The lowest BCUT2D eigenvalue weighted by molar-refractivity contribution is 0.136. The summed E-state index contributed by atoms with van der Waals surface area (Å²) in [5, 5.41) is 2.12. The molecule has 2 atom stereocenters. The summed E-state index contributed by atoms with van der Waals surface area (Å²) in [6.07, 6.45) is 13.1. The molecule has 7 nitrogen and oxygen atoms in total. The molecule has 3 rings (SSSR count). The van der Waals surface area contributed by atoms with Gasteiger partial charge in [0.05, 0.1) is 11.7 Å². The van der Waals surface area contributed by atoms with Gasteiger partial charge in [-0.05, 0) is 50.5 Å². The number of amidine groups is 1. The summed E-state index contributed by atoms with van der Waals surface area (Å²) in [6.45, 7) is 21.3. The molecule has 0 spiro atoms. The van der Waals surface area contributed by atoms with Gasteiger partial charge in [0.15, 0.2) is 0 Å². The minimum atomic E-state index is 0.0111. The zero-order valence-corrected chi connectivity index (χ0v) is 27.8. The van der Waals surface area contributed by atoms with E-state index in [2.05, 4.69) is 100 Å². The lowest BCUT2D eigenvalue weighted by Gasteiger charge is -2.42. The van der Waals surface area contributed by atoms with Gasteiger partial charge < -0.3 is 15.6 Å². The molecular weight excluding hydrogens is 514 g/mol. The van der Waals surface area contributed by atoms with Gasteiger partial charge in [0.1, 0.15) is 17.4 Å². The number of piperazine rings is 1. The summed E-state index contributed by atoms with van der Waals surface area (Å²) in [5.41, 5.74) is 10.0. The summed E-state index contributed by atoms with van der Waals surface area (Å²) in [5.74, 6) is 2.34. The number of fused-ring (bicyclic) bond motifs is 1. The summed E-state index contributed by atoms with van der Waals surface area (Å²) in [6, 6.07) is 0.0113. The maximum absolute atomic E-state index is 6.44. The van der Waals surface area contributed by atoms with E-state index in [-0.39, 0.29) is 10.8 Å². The molecule has 3 heterocycles. The van der Waals surface area contributed by atoms with Crippen molar-refractivity contribution in [2.75, 3.05) is 51.8 Å². The Morgan fingerprint density at radius 1 is 1.18 bits per heavy atom. The molecule has 2 aliphatic rings. The van der Waals surface area contributed by atoms with E-state index >= 15 is 0 Å². The van der Waals surface area contributed by atoms with Crippen molar-refractivity contribution in [3.8, 4) is 0 Å². The minimum absolute atomic E-state index is 0.0111. The minimum Gasteiger partial charge on any atom is -0.382 e. The van der Waals surface area contributed by atoms with E-state index < -0.39 is 0 Å². The van der Waals surface area contributed by atoms with Crippen molar-refractivity contribution in [1.82, 2.24) is 19.5 Å². The number of hydrogen-bond donors (Lipinski definition) is 2. The monoisotopic (exact) mass is 571 g/mol. The first-order valence-corrected chi connectivity index (χ1v) is 15.9. The first-order valence-electron chi connectivity index (χ1n) is 15.4. The largest absolute Gasteiger partial charge is 0.382 e. The normalized spacial score (nSPS) is 20.7. The van der Waals surface area contributed by atoms with Gasteiger partial charge in [0.25, 0.3) is 0 Å². The fourth-order valence-corrected chi connectivity index (χ4v) is 7.58. The van der Waals surface area contributed by atoms with Crippen LogP contribution in [0.3, 0.4) is 0 Å². The fourth-order valence-electron chi connectivity index (χ4n) is 6.95. The van der Waals surface area contributed by atoms with Crippen molar-refractivity contribution in [1.29, 1.82) is 0 Å². The zero-order valence-electron chi connectivity index (χ0n) is 26.9. The lowest BCUT2D eigenvalue weighted by Crippen LogP contribution is -2.50. The van der Waals surface area contributed by atoms with Crippen molar-refractivity contribution >= 4 is 18.5 Å². The molecule has 0 aliphatic carbocycles. The molecule has 2 unspecified atom stereocenters. The number of nitrogens with two attached hydrogens (primary N) is 1. The molecule has 0 saturated carbocycles. The highest BCUT2D eigenvalue weighted by Gasteiger charge is 2.33. The van der Waals surface area contributed by atoms with Crippen LogP contribution in [-0.2, 0) is 12.8 Å². The highest BCUT2D eigenvalue weighted by molar-refractivity contribution is 7.81. The van der Waals surface area contributed by atoms with E-state index in [1.165, 1.54) is 17.8 Å². The van der Waals surface area contributed by atoms with Crippen molar-refractivity contribution in [2.24, 2.45) is 22.1 Å². The Morgan fingerprint density at radius 3 is 2.42 bits per heavy atom. The predicted octanol–water partition coefficient (Wildman–Crippen LogP) is 5.28. The quantitative estimate of drug-likeness (QED) is 0.249. The number of aliphatic imine (C=N–C) groups is 1. The van der Waals surface area contributed by atoms with E-state index in [0.29, 0.717) is 17.2 Å². The standard InChI is InChI=1S/C32H57N7S/c1-10-12-13-28-35-29-27(39(28)36(8)9)20-25(34-30(29)33)14-15-26(11-2)38-18-16-37(17-19-38)23-32(7,40)22-31(5,6)21-24(3)4/h11,14-15,24-25,40H,10,12-13,16-23H2,1-9H3,(H2,33,34)/b15-14-,26-11+. The second-order valence-electron chi connectivity index (χ2n) is 13.6. The van der Waals surface area contributed by atoms with Gasteiger partial charge in [-0.1, -0.05) is 53.2 Å². The number of imidazole rings is 1. The molecule has 40 heavy (non-hydrogen) atoms. The van der Waals surface area contributed by atoms with Crippen LogP contribution in [0, 0.1) is 11.3 Å². The summed E-state index contributed by atoms with van der Waals surface area (Å²) >= 11 is 5.14. The van der Waals surface area contributed by atoms with Gasteiger partial charge >= 0.3 is 0 Å². The van der Waals surface area contributed by atoms with Gasteiger partial charge in [0, 0.05) is 70.1 Å². The summed E-state index contributed by atoms with van der Waals surface area (Å²) in [7, 11) is 4.15. The Hall–Kier alpha value is -1.93. The van der Waals surface area contributed by atoms with Crippen LogP contribution >= 0.6 is 12.6 Å². The number of aromatic nitrogens is 2. The second kappa shape index (κ2) is 13.8. The molecule has 0 aromatic carbocycles. The number of rotatable bonds is 13. The predicted molar refractivity (Wildman–Crippen MR) is 175 cm³/mol. The number of nitrogens with zero attached hydrogens (tertiary/aromatic N) is 6. The third-order valence-electron chi connectivity index (χ3n) is 8.03. The molecule has 0 bridgehead atoms. The third kappa shape index (κ3) is 8.78. The van der Waals surface area contributed by atoms with Crippen molar-refractivity contribution in [2.45, 2.75) is 97.8 Å². The Bertz CT molecular complexity index is 1060. The van der Waals surface area contributed by atoms with Gasteiger partial charge in [-0.3, -0.25) is 9.89 Å². The molecule has 0 radical (unpaired) electrons. The van der Waals surface area contributed by atoms with Crippen LogP contribution in [0.25, 0.3) is 0 Å². The SMILES string of the molecule is C/C=C(\C=C/C1Cc2c(nc(CCCC)n2N(C)C)C(N)=N1)N1CCN(CC(C)(S)CC(C)(C)CC(C)C)CC1. The second-order valence-corrected chi connectivity index (χ2v) is 14.7. The maximum atomic E-state index is 6.44. The smallest absolute Gasteiger partial charge is 0.147 e.